The largest absolute Gasteiger partial charge is 0.383 e. The normalized spacial score (nSPS) is 16.8. The van der Waals surface area contributed by atoms with Crippen LogP contribution in [-0.2, 0) is 4.74 Å². The number of hydrogen-bond acceptors (Lipinski definition) is 2. The van der Waals surface area contributed by atoms with Gasteiger partial charge in [0.1, 0.15) is 0 Å². The summed E-state index contributed by atoms with van der Waals surface area (Å²) >= 11 is 5.59. The Morgan fingerprint density at radius 1 is 1.40 bits per heavy atom. The molecule has 62 valence electrons. The predicted molar refractivity (Wildman–Crippen MR) is 44.7 cm³/mol. The van der Waals surface area contributed by atoms with Gasteiger partial charge in [-0.15, -0.1) is 11.6 Å². The van der Waals surface area contributed by atoms with E-state index in [4.69, 9.17) is 16.3 Å². The summed E-state index contributed by atoms with van der Waals surface area (Å²) in [6, 6.07) is 0.755. The van der Waals surface area contributed by atoms with E-state index in [2.05, 4.69) is 19.2 Å². The van der Waals surface area contributed by atoms with Crippen LogP contribution in [0.1, 0.15) is 13.8 Å². The second-order valence-corrected chi connectivity index (χ2v) is 2.89. The van der Waals surface area contributed by atoms with Crippen molar-refractivity contribution in [2.45, 2.75) is 25.9 Å². The van der Waals surface area contributed by atoms with Crippen molar-refractivity contribution >= 4 is 11.6 Å². The van der Waals surface area contributed by atoms with Crippen molar-refractivity contribution in [2.24, 2.45) is 0 Å². The molecular weight excluding hydrogens is 150 g/mol. The highest BCUT2D eigenvalue weighted by atomic mass is 35.5. The van der Waals surface area contributed by atoms with Crippen molar-refractivity contribution in [2.75, 3.05) is 19.6 Å². The van der Waals surface area contributed by atoms with Crippen molar-refractivity contribution in [1.82, 2.24) is 5.32 Å². The molecule has 3 heteroatoms. The second kappa shape index (κ2) is 5.96. The molecule has 0 aliphatic carbocycles. The van der Waals surface area contributed by atoms with Gasteiger partial charge in [-0.1, -0.05) is 0 Å². The van der Waals surface area contributed by atoms with Gasteiger partial charge in [0.2, 0.25) is 0 Å². The summed E-state index contributed by atoms with van der Waals surface area (Å²) in [4.78, 5) is 0. The van der Waals surface area contributed by atoms with Crippen LogP contribution < -0.4 is 5.32 Å². The van der Waals surface area contributed by atoms with Crippen LogP contribution in [0.4, 0.5) is 0 Å². The van der Waals surface area contributed by atoms with Crippen molar-refractivity contribution in [3.05, 3.63) is 0 Å². The van der Waals surface area contributed by atoms with E-state index in [0.29, 0.717) is 18.0 Å². The fourth-order valence-electron chi connectivity index (χ4n) is 0.828. The summed E-state index contributed by atoms with van der Waals surface area (Å²) in [5.74, 6) is 0.647. The zero-order valence-electron chi connectivity index (χ0n) is 6.86. The third kappa shape index (κ3) is 5.03. The van der Waals surface area contributed by atoms with E-state index in [1.807, 2.05) is 0 Å². The van der Waals surface area contributed by atoms with Gasteiger partial charge in [-0.3, -0.25) is 0 Å². The van der Waals surface area contributed by atoms with Crippen molar-refractivity contribution in [3.63, 3.8) is 0 Å². The third-order valence-corrected chi connectivity index (χ3v) is 1.68. The van der Waals surface area contributed by atoms with Crippen LogP contribution in [0.5, 0.6) is 0 Å². The molecule has 0 rings (SSSR count). The summed E-state index contributed by atoms with van der Waals surface area (Å²) in [5.41, 5.74) is 0. The van der Waals surface area contributed by atoms with E-state index in [1.54, 1.807) is 7.11 Å². The first-order valence-electron chi connectivity index (χ1n) is 3.51. The quantitative estimate of drug-likeness (QED) is 0.619. The molecule has 0 radical (unpaired) electrons. The molecule has 0 aliphatic heterocycles. The molecule has 2 unspecified atom stereocenters. The van der Waals surface area contributed by atoms with E-state index in [1.165, 1.54) is 0 Å². The number of alkyl halides is 1. The van der Waals surface area contributed by atoms with Gasteiger partial charge in [-0.2, -0.15) is 0 Å². The molecule has 1 N–H and O–H groups in total. The minimum Gasteiger partial charge on any atom is -0.383 e. The van der Waals surface area contributed by atoms with Crippen molar-refractivity contribution in [3.8, 4) is 0 Å². The Morgan fingerprint density at radius 2 is 2.00 bits per heavy atom. The van der Waals surface area contributed by atoms with Crippen molar-refractivity contribution in [1.29, 1.82) is 0 Å². The van der Waals surface area contributed by atoms with Gasteiger partial charge >= 0.3 is 0 Å². The lowest BCUT2D eigenvalue weighted by Crippen LogP contribution is -2.38. The molecule has 0 spiro atoms. The molecule has 0 bridgehead atoms. The predicted octanol–water partition coefficient (Wildman–Crippen LogP) is 1.24. The van der Waals surface area contributed by atoms with Crippen LogP contribution in [0.15, 0.2) is 0 Å². The maximum Gasteiger partial charge on any atom is 0.0613 e. The van der Waals surface area contributed by atoms with E-state index in [9.17, 15) is 0 Å². The molecule has 0 saturated heterocycles. The number of hydrogen-bond donors (Lipinski definition) is 1. The Labute approximate surface area is 67.9 Å². The van der Waals surface area contributed by atoms with Gasteiger partial charge < -0.3 is 10.1 Å². The van der Waals surface area contributed by atoms with Gasteiger partial charge in [-0.25, -0.2) is 0 Å². The van der Waals surface area contributed by atoms with Crippen LogP contribution >= 0.6 is 11.6 Å². The van der Waals surface area contributed by atoms with Gasteiger partial charge in [0.25, 0.3) is 0 Å². The average molecular weight is 166 g/mol. The fourth-order valence-corrected chi connectivity index (χ4v) is 0.917. The molecule has 2 atom stereocenters. The highest BCUT2D eigenvalue weighted by Crippen LogP contribution is 1.90. The van der Waals surface area contributed by atoms with Crippen LogP contribution in [0.25, 0.3) is 0 Å². The number of rotatable bonds is 5. The Hall–Kier alpha value is 0.210. The molecule has 10 heavy (non-hydrogen) atoms. The highest BCUT2D eigenvalue weighted by molar-refractivity contribution is 6.18. The topological polar surface area (TPSA) is 21.3 Å². The highest BCUT2D eigenvalue weighted by Gasteiger charge is 2.04. The molecule has 0 fully saturated rings. The summed E-state index contributed by atoms with van der Waals surface area (Å²) in [6.45, 7) is 4.87. The summed E-state index contributed by atoms with van der Waals surface area (Å²) in [5, 5.41) is 3.27. The Bertz CT molecular complexity index is 80.0. The van der Waals surface area contributed by atoms with Crippen molar-refractivity contribution < 1.29 is 4.74 Å². The molecule has 0 aliphatic rings. The molecule has 0 aromatic rings. The summed E-state index contributed by atoms with van der Waals surface area (Å²) in [7, 11) is 1.70. The average Bonchev–Trinajstić information content (AvgIpc) is 1.88. The molecule has 0 amide bonds. The standard InChI is InChI=1S/C7H16ClNO/c1-6(4-8)9-7(2)5-10-3/h6-7,9H,4-5H2,1-3H3. The monoisotopic (exact) mass is 165 g/mol. The maximum atomic E-state index is 5.59. The lowest BCUT2D eigenvalue weighted by atomic mass is 10.3. The molecule has 2 nitrogen and oxygen atoms in total. The zero-order valence-corrected chi connectivity index (χ0v) is 7.61. The lowest BCUT2D eigenvalue weighted by molar-refractivity contribution is 0.169. The van der Waals surface area contributed by atoms with Crippen LogP contribution in [0.2, 0.25) is 0 Å². The number of ether oxygens (including phenoxy) is 1. The van der Waals surface area contributed by atoms with E-state index in [0.717, 1.165) is 6.61 Å². The second-order valence-electron chi connectivity index (χ2n) is 2.58. The number of halogens is 1. The lowest BCUT2D eigenvalue weighted by Gasteiger charge is -2.16. The summed E-state index contributed by atoms with van der Waals surface area (Å²) in [6.07, 6.45) is 0. The van der Waals surface area contributed by atoms with Crippen LogP contribution in [-0.4, -0.2) is 31.7 Å². The molecular formula is C7H16ClNO. The zero-order chi connectivity index (χ0) is 7.98. The number of methoxy groups -OCH3 is 1. The Balaban J connectivity index is 3.27. The summed E-state index contributed by atoms with van der Waals surface area (Å²) < 4.78 is 4.94. The maximum absolute atomic E-state index is 5.59. The Kier molecular flexibility index (Phi) is 6.08. The number of nitrogens with one attached hydrogen (secondary N) is 1. The SMILES string of the molecule is COCC(C)NC(C)CCl. The first-order chi connectivity index (χ1) is 4.70. The smallest absolute Gasteiger partial charge is 0.0613 e. The molecule has 0 heterocycles. The Morgan fingerprint density at radius 3 is 2.40 bits per heavy atom. The van der Waals surface area contributed by atoms with Crippen LogP contribution in [0.3, 0.4) is 0 Å². The van der Waals surface area contributed by atoms with Gasteiger partial charge in [0.15, 0.2) is 0 Å². The molecule has 0 saturated carbocycles. The van der Waals surface area contributed by atoms with E-state index >= 15 is 0 Å². The minimum absolute atomic E-state index is 0.367. The van der Waals surface area contributed by atoms with Gasteiger partial charge in [0, 0.05) is 25.1 Å². The van der Waals surface area contributed by atoms with Gasteiger partial charge in [0.05, 0.1) is 6.61 Å². The molecule has 0 aromatic heterocycles. The van der Waals surface area contributed by atoms with E-state index in [-0.39, 0.29) is 0 Å². The fraction of sp³-hybridized carbons (Fsp3) is 1.00. The minimum atomic E-state index is 0.367. The first-order valence-corrected chi connectivity index (χ1v) is 4.05. The van der Waals surface area contributed by atoms with Crippen LogP contribution in [0, 0.1) is 0 Å². The van der Waals surface area contributed by atoms with E-state index < -0.39 is 0 Å². The van der Waals surface area contributed by atoms with Gasteiger partial charge in [-0.05, 0) is 13.8 Å². The third-order valence-electron chi connectivity index (χ3n) is 1.22. The first kappa shape index (κ1) is 10.2. The molecule has 0 aromatic carbocycles.